The Labute approximate surface area is 123 Å². The van der Waals surface area contributed by atoms with E-state index in [0.29, 0.717) is 11.5 Å². The highest BCUT2D eigenvalue weighted by atomic mass is 35.5. The quantitative estimate of drug-likeness (QED) is 0.767. The fourth-order valence-corrected chi connectivity index (χ4v) is 2.33. The largest absolute Gasteiger partial charge is 0.478 e. The molecule has 1 N–H and O–H groups in total. The number of nitrogens with zero attached hydrogens (tertiary/aromatic N) is 1. The molecule has 3 rings (SSSR count). The smallest absolute Gasteiger partial charge is 0.336 e. The van der Waals surface area contributed by atoms with E-state index in [2.05, 4.69) is 4.98 Å². The number of hydrogen-bond acceptors (Lipinski definition) is 3. The Kier molecular flexibility index (Phi) is 3.14. The molecule has 0 spiro atoms. The van der Waals surface area contributed by atoms with Crippen LogP contribution >= 0.6 is 11.6 Å². The van der Waals surface area contributed by atoms with Crippen molar-refractivity contribution in [3.63, 3.8) is 0 Å². The van der Waals surface area contributed by atoms with Crippen LogP contribution in [0, 0.1) is 12.7 Å². The highest BCUT2D eigenvalue weighted by Crippen LogP contribution is 2.29. The number of hydrogen-bond donors (Lipinski definition) is 1. The van der Waals surface area contributed by atoms with Crippen molar-refractivity contribution in [2.24, 2.45) is 0 Å². The maximum Gasteiger partial charge on any atom is 0.336 e. The molecule has 6 heteroatoms. The van der Waals surface area contributed by atoms with Gasteiger partial charge in [-0.15, -0.1) is 0 Å². The molecule has 0 aliphatic heterocycles. The predicted octanol–water partition coefficient (Wildman–Crippen LogP) is 4.29. The number of halogens is 2. The summed E-state index contributed by atoms with van der Waals surface area (Å²) in [5.41, 5.74) is 0.128. The van der Waals surface area contributed by atoms with Crippen LogP contribution in [0.4, 0.5) is 4.39 Å². The average Bonchev–Trinajstić information content (AvgIpc) is 2.84. The molecular weight excluding hydrogens is 297 g/mol. The van der Waals surface area contributed by atoms with E-state index in [1.807, 2.05) is 0 Å². The summed E-state index contributed by atoms with van der Waals surface area (Å²) in [6, 6.07) is 7.20. The van der Waals surface area contributed by atoms with Gasteiger partial charge in [-0.25, -0.2) is 14.2 Å². The van der Waals surface area contributed by atoms with E-state index >= 15 is 0 Å². The second-order valence-electron chi connectivity index (χ2n) is 4.55. The maximum atomic E-state index is 14.0. The first-order valence-electron chi connectivity index (χ1n) is 6.05. The summed E-state index contributed by atoms with van der Waals surface area (Å²) in [6.07, 6.45) is 0. The number of aromatic nitrogens is 1. The van der Waals surface area contributed by atoms with Crippen molar-refractivity contribution in [2.75, 3.05) is 0 Å². The van der Waals surface area contributed by atoms with Crippen molar-refractivity contribution in [2.45, 2.75) is 6.92 Å². The van der Waals surface area contributed by atoms with Crippen molar-refractivity contribution in [3.8, 4) is 11.5 Å². The predicted molar refractivity (Wildman–Crippen MR) is 76.1 cm³/mol. The molecule has 0 amide bonds. The number of carbonyl (C=O) groups is 1. The van der Waals surface area contributed by atoms with Gasteiger partial charge in [0.05, 0.1) is 5.56 Å². The Morgan fingerprint density at radius 2 is 2.10 bits per heavy atom. The average molecular weight is 306 g/mol. The second-order valence-corrected chi connectivity index (χ2v) is 4.99. The molecule has 0 aliphatic carbocycles. The number of aromatic carboxylic acids is 1. The molecule has 4 nitrogen and oxygen atoms in total. The summed E-state index contributed by atoms with van der Waals surface area (Å²) >= 11 is 5.78. The highest BCUT2D eigenvalue weighted by molar-refractivity contribution is 6.31. The van der Waals surface area contributed by atoms with Gasteiger partial charge in [-0.05, 0) is 37.3 Å². The van der Waals surface area contributed by atoms with Gasteiger partial charge >= 0.3 is 5.97 Å². The SMILES string of the molecule is Cc1ccc(-c2cc(C(=O)O)c3cc(Cl)cc(F)c3n2)o1. The zero-order valence-corrected chi connectivity index (χ0v) is 11.6. The van der Waals surface area contributed by atoms with Crippen LogP contribution in [-0.4, -0.2) is 16.1 Å². The molecule has 0 fully saturated rings. The molecule has 0 saturated heterocycles. The molecule has 2 aromatic heterocycles. The van der Waals surface area contributed by atoms with Crippen LogP contribution in [0.3, 0.4) is 0 Å². The van der Waals surface area contributed by atoms with Crippen LogP contribution in [0.5, 0.6) is 0 Å². The Balaban J connectivity index is 2.37. The van der Waals surface area contributed by atoms with Crippen molar-refractivity contribution in [1.29, 1.82) is 0 Å². The van der Waals surface area contributed by atoms with E-state index in [1.54, 1.807) is 19.1 Å². The molecule has 1 aromatic carbocycles. The second kappa shape index (κ2) is 4.86. The van der Waals surface area contributed by atoms with Crippen LogP contribution in [0.15, 0.2) is 34.7 Å². The van der Waals surface area contributed by atoms with Crippen LogP contribution in [-0.2, 0) is 0 Å². The zero-order chi connectivity index (χ0) is 15.1. The standard InChI is InChI=1S/C15H9ClFNO3/c1-7-2-3-13(21-7)12-6-10(15(19)20)9-4-8(16)5-11(17)14(9)18-12/h2-6H,1H3,(H,19,20). The molecule has 21 heavy (non-hydrogen) atoms. The molecular formula is C15H9ClFNO3. The molecule has 0 unspecified atom stereocenters. The lowest BCUT2D eigenvalue weighted by atomic mass is 10.1. The summed E-state index contributed by atoms with van der Waals surface area (Å²) in [6.45, 7) is 1.75. The van der Waals surface area contributed by atoms with Gasteiger partial charge in [0.25, 0.3) is 0 Å². The summed E-state index contributed by atoms with van der Waals surface area (Å²) in [7, 11) is 0. The molecule has 0 atom stereocenters. The highest BCUT2D eigenvalue weighted by Gasteiger charge is 2.17. The summed E-state index contributed by atoms with van der Waals surface area (Å²) in [4.78, 5) is 15.6. The minimum absolute atomic E-state index is 0.0525. The number of fused-ring (bicyclic) bond motifs is 1. The first-order chi connectivity index (χ1) is 9.95. The Bertz CT molecular complexity index is 873. The van der Waals surface area contributed by atoms with E-state index in [0.717, 1.165) is 6.07 Å². The third-order valence-corrected chi connectivity index (χ3v) is 3.27. The number of carboxylic acid groups (broad SMARTS) is 1. The van der Waals surface area contributed by atoms with Gasteiger partial charge in [-0.3, -0.25) is 0 Å². The third-order valence-electron chi connectivity index (χ3n) is 3.05. The Morgan fingerprint density at radius 1 is 1.33 bits per heavy atom. The molecule has 0 bridgehead atoms. The fraction of sp³-hybridized carbons (Fsp3) is 0.0667. The summed E-state index contributed by atoms with van der Waals surface area (Å²) < 4.78 is 19.4. The van der Waals surface area contributed by atoms with E-state index in [1.165, 1.54) is 12.1 Å². The first-order valence-corrected chi connectivity index (χ1v) is 6.43. The van der Waals surface area contributed by atoms with Crippen LogP contribution in [0.2, 0.25) is 5.02 Å². The van der Waals surface area contributed by atoms with Crippen molar-refractivity contribution in [1.82, 2.24) is 4.98 Å². The Morgan fingerprint density at radius 3 is 2.71 bits per heavy atom. The van der Waals surface area contributed by atoms with Gasteiger partial charge in [0.1, 0.15) is 17.0 Å². The number of carboxylic acids is 1. The monoisotopic (exact) mass is 305 g/mol. The van der Waals surface area contributed by atoms with E-state index in [9.17, 15) is 14.3 Å². The van der Waals surface area contributed by atoms with Crippen molar-refractivity contribution in [3.05, 3.63) is 52.5 Å². The summed E-state index contributed by atoms with van der Waals surface area (Å²) in [5.74, 6) is -0.828. The molecule has 0 radical (unpaired) electrons. The first kappa shape index (κ1) is 13.6. The van der Waals surface area contributed by atoms with Gasteiger partial charge < -0.3 is 9.52 Å². The number of aryl methyl sites for hydroxylation is 1. The number of furan rings is 1. The van der Waals surface area contributed by atoms with Gasteiger partial charge in [0, 0.05) is 10.4 Å². The molecule has 0 aliphatic rings. The van der Waals surface area contributed by atoms with Crippen molar-refractivity contribution >= 4 is 28.5 Å². The minimum Gasteiger partial charge on any atom is -0.478 e. The van der Waals surface area contributed by atoms with E-state index < -0.39 is 11.8 Å². The van der Waals surface area contributed by atoms with Crippen LogP contribution in [0.1, 0.15) is 16.1 Å². The lowest BCUT2D eigenvalue weighted by Gasteiger charge is -2.07. The lowest BCUT2D eigenvalue weighted by molar-refractivity contribution is 0.0699. The van der Waals surface area contributed by atoms with Crippen LogP contribution < -0.4 is 0 Å². The fourth-order valence-electron chi connectivity index (χ4n) is 2.13. The lowest BCUT2D eigenvalue weighted by Crippen LogP contribution is -2.01. The zero-order valence-electron chi connectivity index (χ0n) is 10.9. The summed E-state index contributed by atoms with van der Waals surface area (Å²) in [5, 5.41) is 9.59. The minimum atomic E-state index is -1.19. The van der Waals surface area contributed by atoms with Crippen LogP contribution in [0.25, 0.3) is 22.4 Å². The van der Waals surface area contributed by atoms with E-state index in [-0.39, 0.29) is 27.2 Å². The number of rotatable bonds is 2. The van der Waals surface area contributed by atoms with Gasteiger partial charge in [-0.1, -0.05) is 11.6 Å². The maximum absolute atomic E-state index is 14.0. The number of pyridine rings is 1. The topological polar surface area (TPSA) is 63.3 Å². The van der Waals surface area contributed by atoms with E-state index in [4.69, 9.17) is 16.0 Å². The molecule has 0 saturated carbocycles. The third kappa shape index (κ3) is 2.36. The molecule has 3 aromatic rings. The number of benzene rings is 1. The van der Waals surface area contributed by atoms with Gasteiger partial charge in [0.15, 0.2) is 11.6 Å². The van der Waals surface area contributed by atoms with Crippen molar-refractivity contribution < 1.29 is 18.7 Å². The molecule has 2 heterocycles. The molecule has 106 valence electrons. The van der Waals surface area contributed by atoms with Gasteiger partial charge in [0.2, 0.25) is 0 Å². The Hall–Kier alpha value is -2.40. The normalized spacial score (nSPS) is 11.0. The van der Waals surface area contributed by atoms with Gasteiger partial charge in [-0.2, -0.15) is 0 Å².